The molecule has 0 bridgehead atoms. The third-order valence-electron chi connectivity index (χ3n) is 4.45. The maximum Gasteiger partial charge on any atom is 0.251 e. The lowest BCUT2D eigenvalue weighted by molar-refractivity contribution is 0.0169. The summed E-state index contributed by atoms with van der Waals surface area (Å²) in [4.78, 5) is 16.2. The van der Waals surface area contributed by atoms with Gasteiger partial charge in [-0.2, -0.15) is 0 Å². The van der Waals surface area contributed by atoms with E-state index in [9.17, 15) is 4.79 Å². The van der Waals surface area contributed by atoms with E-state index < -0.39 is 0 Å². The number of hydrogen-bond acceptors (Lipinski definition) is 6. The van der Waals surface area contributed by atoms with Crippen LogP contribution in [-0.4, -0.2) is 50.4 Å². The largest absolute Gasteiger partial charge is 0.454 e. The molecular weight excluding hydrogens is 340 g/mol. The Balaban J connectivity index is 1.44. The molecule has 2 aromatic rings. The van der Waals surface area contributed by atoms with Crippen LogP contribution in [0.15, 0.2) is 35.7 Å². The second-order valence-corrected chi connectivity index (χ2v) is 6.94. The Bertz CT molecular complexity index is 729. The highest BCUT2D eigenvalue weighted by molar-refractivity contribution is 7.10. The van der Waals surface area contributed by atoms with Gasteiger partial charge in [-0.1, -0.05) is 6.07 Å². The van der Waals surface area contributed by atoms with Crippen molar-refractivity contribution in [1.29, 1.82) is 0 Å². The van der Waals surface area contributed by atoms with Gasteiger partial charge in [-0.3, -0.25) is 9.69 Å². The summed E-state index contributed by atoms with van der Waals surface area (Å²) in [7, 11) is 0. The number of nitrogens with zero attached hydrogens (tertiary/aromatic N) is 1. The van der Waals surface area contributed by atoms with Crippen molar-refractivity contribution >= 4 is 17.2 Å². The SMILES string of the molecule is O=C(NC[C@H](c1cccs1)N1CCOCC1)c1ccc2c(c1)OCO2. The maximum absolute atomic E-state index is 12.6. The van der Waals surface area contributed by atoms with Crippen molar-refractivity contribution in [3.63, 3.8) is 0 Å². The summed E-state index contributed by atoms with van der Waals surface area (Å²) in [5.74, 6) is 1.20. The molecule has 1 aromatic carbocycles. The van der Waals surface area contributed by atoms with Gasteiger partial charge >= 0.3 is 0 Å². The summed E-state index contributed by atoms with van der Waals surface area (Å²) in [6.45, 7) is 3.99. The minimum Gasteiger partial charge on any atom is -0.454 e. The van der Waals surface area contributed by atoms with E-state index in [2.05, 4.69) is 21.7 Å². The van der Waals surface area contributed by atoms with E-state index in [1.807, 2.05) is 6.07 Å². The third-order valence-corrected chi connectivity index (χ3v) is 5.42. The monoisotopic (exact) mass is 360 g/mol. The highest BCUT2D eigenvalue weighted by Gasteiger charge is 2.24. The van der Waals surface area contributed by atoms with Crippen LogP contribution >= 0.6 is 11.3 Å². The van der Waals surface area contributed by atoms with Crippen LogP contribution in [0.2, 0.25) is 0 Å². The Morgan fingerprint density at radius 3 is 2.84 bits per heavy atom. The van der Waals surface area contributed by atoms with Crippen molar-refractivity contribution in [2.45, 2.75) is 6.04 Å². The van der Waals surface area contributed by atoms with Gasteiger partial charge < -0.3 is 19.5 Å². The topological polar surface area (TPSA) is 60.0 Å². The highest BCUT2D eigenvalue weighted by atomic mass is 32.1. The van der Waals surface area contributed by atoms with Gasteiger partial charge in [0.05, 0.1) is 19.3 Å². The van der Waals surface area contributed by atoms with Crippen LogP contribution in [0.4, 0.5) is 0 Å². The summed E-state index contributed by atoms with van der Waals surface area (Å²) in [6.07, 6.45) is 0. The summed E-state index contributed by atoms with van der Waals surface area (Å²) >= 11 is 1.72. The molecule has 7 heteroatoms. The summed E-state index contributed by atoms with van der Waals surface area (Å²) < 4.78 is 16.1. The predicted octanol–water partition coefficient (Wildman–Crippen LogP) is 2.28. The van der Waals surface area contributed by atoms with Gasteiger partial charge in [-0.25, -0.2) is 0 Å². The molecule has 1 amide bonds. The lowest BCUT2D eigenvalue weighted by Crippen LogP contribution is -2.43. The number of thiophene rings is 1. The van der Waals surface area contributed by atoms with E-state index in [4.69, 9.17) is 14.2 Å². The van der Waals surface area contributed by atoms with Crippen molar-refractivity contribution in [1.82, 2.24) is 10.2 Å². The zero-order chi connectivity index (χ0) is 17.1. The molecule has 1 fully saturated rings. The zero-order valence-corrected chi connectivity index (χ0v) is 14.6. The molecule has 0 aliphatic carbocycles. The van der Waals surface area contributed by atoms with Crippen LogP contribution in [0.5, 0.6) is 11.5 Å². The molecule has 2 aliphatic rings. The van der Waals surface area contributed by atoms with Crippen molar-refractivity contribution in [3.8, 4) is 11.5 Å². The molecule has 0 spiro atoms. The van der Waals surface area contributed by atoms with Gasteiger partial charge in [0.15, 0.2) is 11.5 Å². The van der Waals surface area contributed by atoms with E-state index in [0.29, 0.717) is 23.6 Å². The van der Waals surface area contributed by atoms with E-state index in [0.717, 1.165) is 26.3 Å². The van der Waals surface area contributed by atoms with Crippen LogP contribution in [0.3, 0.4) is 0 Å². The van der Waals surface area contributed by atoms with Crippen molar-refractivity contribution in [2.24, 2.45) is 0 Å². The van der Waals surface area contributed by atoms with Gasteiger partial charge in [0, 0.05) is 30.1 Å². The molecule has 132 valence electrons. The van der Waals surface area contributed by atoms with Crippen LogP contribution in [-0.2, 0) is 4.74 Å². The lowest BCUT2D eigenvalue weighted by Gasteiger charge is -2.34. The minimum absolute atomic E-state index is 0.104. The Kier molecular flexibility index (Phi) is 4.87. The molecule has 3 heterocycles. The van der Waals surface area contributed by atoms with Gasteiger partial charge in [0.2, 0.25) is 6.79 Å². The summed E-state index contributed by atoms with van der Waals surface area (Å²) in [5.41, 5.74) is 0.580. The minimum atomic E-state index is -0.104. The second kappa shape index (κ2) is 7.43. The summed E-state index contributed by atoms with van der Waals surface area (Å²) in [6, 6.07) is 9.60. The number of hydrogen-bond donors (Lipinski definition) is 1. The van der Waals surface area contributed by atoms with Crippen LogP contribution in [0.1, 0.15) is 21.3 Å². The molecule has 0 unspecified atom stereocenters. The molecule has 0 saturated carbocycles. The second-order valence-electron chi connectivity index (χ2n) is 5.96. The van der Waals surface area contributed by atoms with E-state index in [1.165, 1.54) is 4.88 Å². The Labute approximate surface area is 150 Å². The molecule has 25 heavy (non-hydrogen) atoms. The average Bonchev–Trinajstić information content (AvgIpc) is 3.34. The van der Waals surface area contributed by atoms with E-state index in [-0.39, 0.29) is 18.7 Å². The number of morpholine rings is 1. The van der Waals surface area contributed by atoms with Crippen molar-refractivity contribution in [2.75, 3.05) is 39.6 Å². The quantitative estimate of drug-likeness (QED) is 0.886. The smallest absolute Gasteiger partial charge is 0.251 e. The number of carbonyl (C=O) groups excluding carboxylic acids is 1. The van der Waals surface area contributed by atoms with Gasteiger partial charge in [-0.05, 0) is 29.6 Å². The average molecular weight is 360 g/mol. The molecular formula is C18H20N2O4S. The molecule has 1 saturated heterocycles. The molecule has 4 rings (SSSR count). The van der Waals surface area contributed by atoms with Crippen LogP contribution in [0, 0.1) is 0 Å². The zero-order valence-electron chi connectivity index (χ0n) is 13.8. The number of carbonyl (C=O) groups is 1. The predicted molar refractivity (Wildman–Crippen MR) is 94.4 cm³/mol. The fourth-order valence-electron chi connectivity index (χ4n) is 3.11. The Morgan fingerprint density at radius 1 is 1.20 bits per heavy atom. The van der Waals surface area contributed by atoms with E-state index >= 15 is 0 Å². The van der Waals surface area contributed by atoms with Crippen molar-refractivity contribution in [3.05, 3.63) is 46.2 Å². The number of nitrogens with one attached hydrogen (secondary N) is 1. The van der Waals surface area contributed by atoms with Crippen LogP contribution in [0.25, 0.3) is 0 Å². The number of amides is 1. The molecule has 2 aliphatic heterocycles. The highest BCUT2D eigenvalue weighted by Crippen LogP contribution is 2.32. The molecule has 6 nitrogen and oxygen atoms in total. The fourth-order valence-corrected chi connectivity index (χ4v) is 3.97. The molecule has 1 aromatic heterocycles. The molecule has 1 atom stereocenters. The first-order valence-corrected chi connectivity index (χ1v) is 9.22. The third kappa shape index (κ3) is 3.63. The number of rotatable bonds is 5. The first-order chi connectivity index (χ1) is 12.3. The molecule has 0 radical (unpaired) electrons. The molecule has 1 N–H and O–H groups in total. The fraction of sp³-hybridized carbons (Fsp3) is 0.389. The summed E-state index contributed by atoms with van der Waals surface area (Å²) in [5, 5.41) is 5.14. The van der Waals surface area contributed by atoms with Gasteiger partial charge in [-0.15, -0.1) is 11.3 Å². The number of ether oxygens (including phenoxy) is 3. The van der Waals surface area contributed by atoms with Crippen molar-refractivity contribution < 1.29 is 19.0 Å². The normalized spacial score (nSPS) is 18.1. The van der Waals surface area contributed by atoms with Crippen LogP contribution < -0.4 is 14.8 Å². The first-order valence-electron chi connectivity index (χ1n) is 8.34. The van der Waals surface area contributed by atoms with Gasteiger partial charge in [0.25, 0.3) is 5.91 Å². The van der Waals surface area contributed by atoms with Gasteiger partial charge in [0.1, 0.15) is 0 Å². The Hall–Kier alpha value is -2.09. The maximum atomic E-state index is 12.6. The number of benzene rings is 1. The standard InChI is InChI=1S/C18H20N2O4S/c21-18(13-3-4-15-16(10-13)24-12-23-15)19-11-14(17-2-1-9-25-17)20-5-7-22-8-6-20/h1-4,9-10,14H,5-8,11-12H2,(H,19,21)/t14-/m1/s1. The lowest BCUT2D eigenvalue weighted by atomic mass is 10.1. The number of fused-ring (bicyclic) bond motifs is 1. The first kappa shape index (κ1) is 16.4. The Morgan fingerprint density at radius 2 is 2.04 bits per heavy atom. The van der Waals surface area contributed by atoms with E-state index in [1.54, 1.807) is 29.5 Å².